The van der Waals surface area contributed by atoms with Gasteiger partial charge in [0.2, 0.25) is 0 Å². The Morgan fingerprint density at radius 2 is 1.94 bits per heavy atom. The summed E-state index contributed by atoms with van der Waals surface area (Å²) in [6.45, 7) is -0.318. The monoisotopic (exact) mass is 243 g/mol. The molecule has 0 atom stereocenters. The van der Waals surface area contributed by atoms with Crippen LogP contribution in [0.2, 0.25) is 0 Å². The SMILES string of the molecule is O=C(O)COc1ccc(Cc2cccnc2)cc1. The lowest BCUT2D eigenvalue weighted by Crippen LogP contribution is -2.09. The summed E-state index contributed by atoms with van der Waals surface area (Å²) in [5.74, 6) is -0.415. The van der Waals surface area contributed by atoms with Crippen molar-refractivity contribution in [2.75, 3.05) is 6.61 Å². The third-order valence-corrected chi connectivity index (χ3v) is 2.42. The molecular weight excluding hydrogens is 230 g/mol. The highest BCUT2D eigenvalue weighted by molar-refractivity contribution is 5.68. The van der Waals surface area contributed by atoms with Crippen molar-refractivity contribution in [2.45, 2.75) is 6.42 Å². The third-order valence-electron chi connectivity index (χ3n) is 2.42. The second kappa shape index (κ2) is 5.82. The molecule has 0 saturated carbocycles. The van der Waals surface area contributed by atoms with Gasteiger partial charge >= 0.3 is 5.97 Å². The molecule has 4 nitrogen and oxygen atoms in total. The van der Waals surface area contributed by atoms with Crippen LogP contribution in [0.25, 0.3) is 0 Å². The molecule has 1 N–H and O–H groups in total. The molecule has 0 spiro atoms. The first-order valence-electron chi connectivity index (χ1n) is 5.56. The number of rotatable bonds is 5. The van der Waals surface area contributed by atoms with Crippen molar-refractivity contribution in [3.8, 4) is 5.75 Å². The third kappa shape index (κ3) is 3.59. The number of aliphatic carboxylic acids is 1. The molecule has 0 amide bonds. The lowest BCUT2D eigenvalue weighted by atomic mass is 10.1. The second-order valence-electron chi connectivity index (χ2n) is 3.86. The van der Waals surface area contributed by atoms with Crippen molar-refractivity contribution < 1.29 is 14.6 Å². The minimum Gasteiger partial charge on any atom is -0.482 e. The number of carboxylic acid groups (broad SMARTS) is 1. The van der Waals surface area contributed by atoms with Crippen LogP contribution < -0.4 is 4.74 Å². The van der Waals surface area contributed by atoms with Gasteiger partial charge < -0.3 is 9.84 Å². The van der Waals surface area contributed by atoms with Crippen LogP contribution in [-0.4, -0.2) is 22.7 Å². The van der Waals surface area contributed by atoms with Crippen LogP contribution in [-0.2, 0) is 11.2 Å². The molecule has 0 radical (unpaired) electrons. The van der Waals surface area contributed by atoms with Gasteiger partial charge in [0.25, 0.3) is 0 Å². The van der Waals surface area contributed by atoms with E-state index in [1.54, 1.807) is 18.3 Å². The van der Waals surface area contributed by atoms with Crippen LogP contribution in [0.3, 0.4) is 0 Å². The van der Waals surface area contributed by atoms with Crippen LogP contribution >= 0.6 is 0 Å². The maximum atomic E-state index is 10.3. The zero-order valence-corrected chi connectivity index (χ0v) is 9.74. The van der Waals surface area contributed by atoms with E-state index in [4.69, 9.17) is 9.84 Å². The quantitative estimate of drug-likeness (QED) is 0.874. The molecule has 4 heteroatoms. The molecule has 0 unspecified atom stereocenters. The minimum absolute atomic E-state index is 0.318. The fourth-order valence-electron chi connectivity index (χ4n) is 1.59. The fraction of sp³-hybridized carbons (Fsp3) is 0.143. The Morgan fingerprint density at radius 1 is 1.17 bits per heavy atom. The molecule has 1 aromatic heterocycles. The average molecular weight is 243 g/mol. The van der Waals surface area contributed by atoms with E-state index < -0.39 is 5.97 Å². The molecule has 0 saturated heterocycles. The molecular formula is C14H13NO3. The Morgan fingerprint density at radius 3 is 2.56 bits per heavy atom. The van der Waals surface area contributed by atoms with Gasteiger partial charge in [-0.15, -0.1) is 0 Å². The van der Waals surface area contributed by atoms with Gasteiger partial charge in [-0.1, -0.05) is 18.2 Å². The Balaban J connectivity index is 1.97. The van der Waals surface area contributed by atoms with Gasteiger partial charge in [0, 0.05) is 12.4 Å². The summed E-state index contributed by atoms with van der Waals surface area (Å²) in [4.78, 5) is 14.4. The van der Waals surface area contributed by atoms with Crippen molar-refractivity contribution in [3.05, 3.63) is 59.9 Å². The van der Waals surface area contributed by atoms with Gasteiger partial charge in [-0.2, -0.15) is 0 Å². The normalized spacial score (nSPS) is 10.0. The molecule has 2 aromatic rings. The number of aromatic nitrogens is 1. The van der Waals surface area contributed by atoms with E-state index in [0.29, 0.717) is 5.75 Å². The van der Waals surface area contributed by atoms with Crippen molar-refractivity contribution in [3.63, 3.8) is 0 Å². The van der Waals surface area contributed by atoms with Gasteiger partial charge in [-0.25, -0.2) is 4.79 Å². The highest BCUT2D eigenvalue weighted by atomic mass is 16.5. The summed E-state index contributed by atoms with van der Waals surface area (Å²) < 4.78 is 5.06. The summed E-state index contributed by atoms with van der Waals surface area (Å²) in [5, 5.41) is 8.49. The zero-order valence-electron chi connectivity index (χ0n) is 9.74. The van der Waals surface area contributed by atoms with Gasteiger partial charge in [0.05, 0.1) is 0 Å². The number of pyridine rings is 1. The maximum absolute atomic E-state index is 10.3. The van der Waals surface area contributed by atoms with Gasteiger partial charge in [0.15, 0.2) is 6.61 Å². The molecule has 1 aromatic carbocycles. The van der Waals surface area contributed by atoms with E-state index in [1.807, 2.05) is 30.5 Å². The van der Waals surface area contributed by atoms with E-state index in [-0.39, 0.29) is 6.61 Å². The van der Waals surface area contributed by atoms with Crippen LogP contribution in [0.1, 0.15) is 11.1 Å². The number of hydrogen-bond donors (Lipinski definition) is 1. The van der Waals surface area contributed by atoms with Crippen molar-refractivity contribution >= 4 is 5.97 Å². The molecule has 0 bridgehead atoms. The minimum atomic E-state index is -0.977. The van der Waals surface area contributed by atoms with Crippen LogP contribution in [0.5, 0.6) is 5.75 Å². The lowest BCUT2D eigenvalue weighted by Gasteiger charge is -2.05. The van der Waals surface area contributed by atoms with Crippen molar-refractivity contribution in [1.29, 1.82) is 0 Å². The smallest absolute Gasteiger partial charge is 0.341 e. The zero-order chi connectivity index (χ0) is 12.8. The van der Waals surface area contributed by atoms with Crippen molar-refractivity contribution in [1.82, 2.24) is 4.98 Å². The second-order valence-corrected chi connectivity index (χ2v) is 3.86. The van der Waals surface area contributed by atoms with Gasteiger partial charge in [0.1, 0.15) is 5.75 Å². The summed E-state index contributed by atoms with van der Waals surface area (Å²) in [6, 6.07) is 11.3. The lowest BCUT2D eigenvalue weighted by molar-refractivity contribution is -0.139. The summed E-state index contributed by atoms with van der Waals surface area (Å²) in [6.07, 6.45) is 4.37. The number of nitrogens with zero attached hydrogens (tertiary/aromatic N) is 1. The predicted octanol–water partition coefficient (Wildman–Crippen LogP) is 2.14. The van der Waals surface area contributed by atoms with Crippen molar-refractivity contribution in [2.24, 2.45) is 0 Å². The predicted molar refractivity (Wildman–Crippen MR) is 66.6 cm³/mol. The number of carboxylic acids is 1. The Labute approximate surface area is 105 Å². The molecule has 92 valence electrons. The van der Waals surface area contributed by atoms with E-state index >= 15 is 0 Å². The summed E-state index contributed by atoms with van der Waals surface area (Å²) in [7, 11) is 0. The average Bonchev–Trinajstić information content (AvgIpc) is 2.39. The molecule has 0 aliphatic carbocycles. The first-order chi connectivity index (χ1) is 8.74. The maximum Gasteiger partial charge on any atom is 0.341 e. The molecule has 18 heavy (non-hydrogen) atoms. The topological polar surface area (TPSA) is 59.4 Å². The fourth-order valence-corrected chi connectivity index (χ4v) is 1.59. The highest BCUT2D eigenvalue weighted by Gasteiger charge is 2.00. The first kappa shape index (κ1) is 12.1. The summed E-state index contributed by atoms with van der Waals surface area (Å²) in [5.41, 5.74) is 2.27. The first-order valence-corrected chi connectivity index (χ1v) is 5.56. The highest BCUT2D eigenvalue weighted by Crippen LogP contribution is 2.14. The van der Waals surface area contributed by atoms with Crippen LogP contribution in [0.15, 0.2) is 48.8 Å². The number of ether oxygens (including phenoxy) is 1. The molecule has 0 aliphatic rings. The van der Waals surface area contributed by atoms with Gasteiger partial charge in [-0.05, 0) is 35.7 Å². The van der Waals surface area contributed by atoms with Gasteiger partial charge in [-0.3, -0.25) is 4.98 Å². The number of hydrogen-bond acceptors (Lipinski definition) is 3. The Bertz CT molecular complexity index is 508. The molecule has 1 heterocycles. The molecule has 0 aliphatic heterocycles. The van der Waals surface area contributed by atoms with Crippen LogP contribution in [0.4, 0.5) is 0 Å². The van der Waals surface area contributed by atoms with E-state index in [2.05, 4.69) is 4.98 Å². The number of carbonyl (C=O) groups is 1. The number of benzene rings is 1. The molecule has 0 fully saturated rings. The standard InChI is InChI=1S/C14H13NO3/c16-14(17)10-18-13-5-3-11(4-6-13)8-12-2-1-7-15-9-12/h1-7,9H,8,10H2,(H,16,17). The Kier molecular flexibility index (Phi) is 3.91. The van der Waals surface area contributed by atoms with E-state index in [1.165, 1.54) is 0 Å². The van der Waals surface area contributed by atoms with E-state index in [0.717, 1.165) is 17.5 Å². The van der Waals surface area contributed by atoms with Crippen LogP contribution in [0, 0.1) is 0 Å². The summed E-state index contributed by atoms with van der Waals surface area (Å²) >= 11 is 0. The largest absolute Gasteiger partial charge is 0.482 e. The molecule has 2 rings (SSSR count). The van der Waals surface area contributed by atoms with E-state index in [9.17, 15) is 4.79 Å². The Hall–Kier alpha value is -2.36.